The first-order valence-corrected chi connectivity index (χ1v) is 4.07. The van der Waals surface area contributed by atoms with Gasteiger partial charge in [0, 0.05) is 0 Å². The van der Waals surface area contributed by atoms with Gasteiger partial charge in [-0.25, -0.2) is 4.79 Å². The molecule has 0 aromatic heterocycles. The molecule has 0 bridgehead atoms. The molecule has 1 aromatic rings. The molecule has 0 fully saturated rings. The molecule has 3 heteroatoms. The van der Waals surface area contributed by atoms with Crippen molar-refractivity contribution >= 4 is 11.8 Å². The Bertz CT molecular complexity index is 319. The van der Waals surface area contributed by atoms with Gasteiger partial charge in [0.25, 0.3) is 0 Å². The molecular formula is C10H11NO2. The van der Waals surface area contributed by atoms with E-state index in [0.29, 0.717) is 11.4 Å². The third kappa shape index (κ3) is 1.95. The Morgan fingerprint density at radius 2 is 2.31 bits per heavy atom. The molecule has 0 spiro atoms. The molecule has 1 aromatic carbocycles. The van der Waals surface area contributed by atoms with Gasteiger partial charge in [-0.1, -0.05) is 19.1 Å². The van der Waals surface area contributed by atoms with Crippen LogP contribution in [0.15, 0.2) is 23.2 Å². The summed E-state index contributed by atoms with van der Waals surface area (Å²) in [6.07, 6.45) is 2.35. The van der Waals surface area contributed by atoms with Crippen molar-refractivity contribution < 1.29 is 9.53 Å². The Morgan fingerprint density at radius 3 is 2.85 bits per heavy atom. The summed E-state index contributed by atoms with van der Waals surface area (Å²) in [6.45, 7) is 2.00. The van der Waals surface area contributed by atoms with Crippen LogP contribution in [-0.4, -0.2) is 13.2 Å². The van der Waals surface area contributed by atoms with Crippen LogP contribution in [-0.2, 0) is 11.2 Å². The van der Waals surface area contributed by atoms with E-state index < -0.39 is 0 Å². The number of methoxy groups -OCH3 is 1. The van der Waals surface area contributed by atoms with Gasteiger partial charge in [-0.15, -0.1) is 0 Å². The van der Waals surface area contributed by atoms with E-state index in [4.69, 9.17) is 4.74 Å². The molecule has 0 heterocycles. The first kappa shape index (κ1) is 9.49. The first-order chi connectivity index (χ1) is 6.33. The SMILES string of the molecule is CCc1cccc(OC)c1N=C=O. The van der Waals surface area contributed by atoms with E-state index >= 15 is 0 Å². The lowest BCUT2D eigenvalue weighted by Gasteiger charge is -2.06. The van der Waals surface area contributed by atoms with Gasteiger partial charge in [0.2, 0.25) is 6.08 Å². The molecule has 0 atom stereocenters. The van der Waals surface area contributed by atoms with Crippen LogP contribution in [0, 0.1) is 0 Å². The summed E-state index contributed by atoms with van der Waals surface area (Å²) in [5, 5.41) is 0. The molecule has 0 radical (unpaired) electrons. The van der Waals surface area contributed by atoms with Crippen LogP contribution in [0.25, 0.3) is 0 Å². The maximum atomic E-state index is 10.2. The Hall–Kier alpha value is -1.60. The summed E-state index contributed by atoms with van der Waals surface area (Å²) in [5.74, 6) is 0.614. The van der Waals surface area contributed by atoms with Crippen LogP contribution in [0.3, 0.4) is 0 Å². The lowest BCUT2D eigenvalue weighted by Crippen LogP contribution is -1.87. The molecule has 0 aliphatic carbocycles. The van der Waals surface area contributed by atoms with E-state index in [-0.39, 0.29) is 0 Å². The molecule has 0 amide bonds. The lowest BCUT2D eigenvalue weighted by molar-refractivity contribution is 0.415. The van der Waals surface area contributed by atoms with Gasteiger partial charge in [0.15, 0.2) is 0 Å². The Kier molecular flexibility index (Phi) is 3.23. The zero-order valence-corrected chi connectivity index (χ0v) is 7.70. The van der Waals surface area contributed by atoms with Crippen molar-refractivity contribution in [2.24, 2.45) is 4.99 Å². The number of benzene rings is 1. The Balaban J connectivity index is 3.28. The average Bonchev–Trinajstić information content (AvgIpc) is 2.18. The topological polar surface area (TPSA) is 38.7 Å². The van der Waals surface area contributed by atoms with E-state index in [1.807, 2.05) is 19.1 Å². The summed E-state index contributed by atoms with van der Waals surface area (Å²) in [4.78, 5) is 13.8. The van der Waals surface area contributed by atoms with Crippen molar-refractivity contribution in [1.29, 1.82) is 0 Å². The number of para-hydroxylation sites is 1. The van der Waals surface area contributed by atoms with Crippen LogP contribution in [0.4, 0.5) is 5.69 Å². The summed E-state index contributed by atoms with van der Waals surface area (Å²) in [6, 6.07) is 5.56. The highest BCUT2D eigenvalue weighted by atomic mass is 16.5. The average molecular weight is 177 g/mol. The highest BCUT2D eigenvalue weighted by molar-refractivity contribution is 5.62. The molecule has 0 unspecified atom stereocenters. The number of carbonyl (C=O) groups excluding carboxylic acids is 1. The molecule has 0 aliphatic heterocycles. The van der Waals surface area contributed by atoms with Crippen LogP contribution in [0.1, 0.15) is 12.5 Å². The molecule has 0 aliphatic rings. The van der Waals surface area contributed by atoms with Gasteiger partial charge in [-0.2, -0.15) is 4.99 Å². The Morgan fingerprint density at radius 1 is 1.54 bits per heavy atom. The maximum Gasteiger partial charge on any atom is 0.240 e. The summed E-state index contributed by atoms with van der Waals surface area (Å²) < 4.78 is 5.07. The predicted molar refractivity (Wildman–Crippen MR) is 50.2 cm³/mol. The van der Waals surface area contributed by atoms with E-state index in [9.17, 15) is 4.79 Å². The van der Waals surface area contributed by atoms with E-state index in [1.54, 1.807) is 13.2 Å². The fraction of sp³-hybridized carbons (Fsp3) is 0.300. The Labute approximate surface area is 77.1 Å². The lowest BCUT2D eigenvalue weighted by atomic mass is 10.1. The molecule has 3 nitrogen and oxygen atoms in total. The second-order valence-electron chi connectivity index (χ2n) is 2.52. The first-order valence-electron chi connectivity index (χ1n) is 4.07. The largest absolute Gasteiger partial charge is 0.494 e. The minimum absolute atomic E-state index is 0.586. The van der Waals surface area contributed by atoms with Gasteiger partial charge < -0.3 is 4.74 Å². The standard InChI is InChI=1S/C10H11NO2/c1-3-8-5-4-6-9(13-2)10(8)11-7-12/h4-6H,3H2,1-2H3. The fourth-order valence-electron chi connectivity index (χ4n) is 1.19. The van der Waals surface area contributed by atoms with E-state index in [0.717, 1.165) is 12.0 Å². The quantitative estimate of drug-likeness (QED) is 0.524. The highest BCUT2D eigenvalue weighted by Gasteiger charge is 2.05. The molecule has 68 valence electrons. The molecule has 13 heavy (non-hydrogen) atoms. The van der Waals surface area contributed by atoms with Crippen LogP contribution in [0.5, 0.6) is 5.75 Å². The smallest absolute Gasteiger partial charge is 0.240 e. The zero-order valence-electron chi connectivity index (χ0n) is 7.70. The minimum Gasteiger partial charge on any atom is -0.494 e. The summed E-state index contributed by atoms with van der Waals surface area (Å²) in [5.41, 5.74) is 1.57. The number of rotatable bonds is 3. The van der Waals surface area contributed by atoms with Gasteiger partial charge in [0.1, 0.15) is 11.4 Å². The van der Waals surface area contributed by atoms with Crippen LogP contribution >= 0.6 is 0 Å². The van der Waals surface area contributed by atoms with Gasteiger partial charge >= 0.3 is 0 Å². The number of isocyanates is 1. The van der Waals surface area contributed by atoms with E-state index in [1.165, 1.54) is 6.08 Å². The predicted octanol–water partition coefficient (Wildman–Crippen LogP) is 2.22. The second-order valence-corrected chi connectivity index (χ2v) is 2.52. The van der Waals surface area contributed by atoms with Crippen molar-refractivity contribution in [1.82, 2.24) is 0 Å². The van der Waals surface area contributed by atoms with Crippen molar-refractivity contribution in [3.8, 4) is 5.75 Å². The summed E-state index contributed by atoms with van der Waals surface area (Å²) in [7, 11) is 1.55. The fourth-order valence-corrected chi connectivity index (χ4v) is 1.19. The van der Waals surface area contributed by atoms with Crippen LogP contribution in [0.2, 0.25) is 0 Å². The van der Waals surface area contributed by atoms with Crippen molar-refractivity contribution in [3.63, 3.8) is 0 Å². The third-order valence-corrected chi connectivity index (χ3v) is 1.84. The van der Waals surface area contributed by atoms with E-state index in [2.05, 4.69) is 4.99 Å². The number of aliphatic imine (C=N–C) groups is 1. The number of nitrogens with zero attached hydrogens (tertiary/aromatic N) is 1. The highest BCUT2D eigenvalue weighted by Crippen LogP contribution is 2.30. The second kappa shape index (κ2) is 4.43. The van der Waals surface area contributed by atoms with Crippen molar-refractivity contribution in [2.45, 2.75) is 13.3 Å². The van der Waals surface area contributed by atoms with Gasteiger partial charge in [-0.3, -0.25) is 0 Å². The maximum absolute atomic E-state index is 10.2. The number of hydrogen-bond acceptors (Lipinski definition) is 3. The van der Waals surface area contributed by atoms with Crippen LogP contribution < -0.4 is 4.74 Å². The van der Waals surface area contributed by atoms with Gasteiger partial charge in [0.05, 0.1) is 7.11 Å². The summed E-state index contributed by atoms with van der Waals surface area (Å²) >= 11 is 0. The number of aryl methyl sites for hydroxylation is 1. The number of hydrogen-bond donors (Lipinski definition) is 0. The molecule has 0 saturated carbocycles. The zero-order chi connectivity index (χ0) is 9.68. The molecule has 0 saturated heterocycles. The normalized spacial score (nSPS) is 9.08. The minimum atomic E-state index is 0.586. The molecule has 1 rings (SSSR count). The molecular weight excluding hydrogens is 166 g/mol. The third-order valence-electron chi connectivity index (χ3n) is 1.84. The number of ether oxygens (including phenoxy) is 1. The van der Waals surface area contributed by atoms with Crippen molar-refractivity contribution in [3.05, 3.63) is 23.8 Å². The van der Waals surface area contributed by atoms with Crippen molar-refractivity contribution in [2.75, 3.05) is 7.11 Å². The monoisotopic (exact) mass is 177 g/mol. The van der Waals surface area contributed by atoms with Gasteiger partial charge in [-0.05, 0) is 18.1 Å². The molecule has 0 N–H and O–H groups in total.